The number of allylic oxidation sites excluding steroid dienone is 1. The molecule has 1 N–H and O–H groups in total. The van der Waals surface area contributed by atoms with Crippen molar-refractivity contribution in [1.82, 2.24) is 0 Å². The molecule has 3 aromatic rings. The number of ketones is 1. The van der Waals surface area contributed by atoms with Crippen molar-refractivity contribution in [2.24, 2.45) is 0 Å². The summed E-state index contributed by atoms with van der Waals surface area (Å²) in [6, 6.07) is 18.0. The lowest BCUT2D eigenvalue weighted by Gasteiger charge is -2.06. The van der Waals surface area contributed by atoms with E-state index in [1.165, 1.54) is 6.08 Å². The smallest absolute Gasteiger partial charge is 0.277 e. The van der Waals surface area contributed by atoms with Gasteiger partial charge in [0.25, 0.3) is 17.3 Å². The van der Waals surface area contributed by atoms with Crippen LogP contribution in [0.15, 0.2) is 78.9 Å². The minimum absolute atomic E-state index is 0.182. The van der Waals surface area contributed by atoms with Crippen molar-refractivity contribution in [1.29, 1.82) is 0 Å². The van der Waals surface area contributed by atoms with E-state index < -0.39 is 27.1 Å². The summed E-state index contributed by atoms with van der Waals surface area (Å²) in [7, 11) is 0. The van der Waals surface area contributed by atoms with Crippen LogP contribution in [0.2, 0.25) is 0 Å². The summed E-state index contributed by atoms with van der Waals surface area (Å²) >= 11 is 0. The molecule has 0 bridgehead atoms. The van der Waals surface area contributed by atoms with Crippen LogP contribution in [0, 0.1) is 20.2 Å². The number of anilines is 1. The maximum Gasteiger partial charge on any atom is 0.277 e. The van der Waals surface area contributed by atoms with Crippen LogP contribution < -0.4 is 5.32 Å². The van der Waals surface area contributed by atoms with E-state index >= 15 is 0 Å². The van der Waals surface area contributed by atoms with Crippen LogP contribution in [0.1, 0.15) is 26.3 Å². The first-order valence-corrected chi connectivity index (χ1v) is 8.96. The molecule has 0 atom stereocenters. The predicted octanol–water partition coefficient (Wildman–Crippen LogP) is 4.65. The fraction of sp³-hybridized carbons (Fsp3) is 0. The van der Waals surface area contributed by atoms with Crippen LogP contribution in [0.3, 0.4) is 0 Å². The lowest BCUT2D eigenvalue weighted by molar-refractivity contribution is -0.394. The first kappa shape index (κ1) is 21.1. The molecule has 0 aliphatic rings. The van der Waals surface area contributed by atoms with Crippen molar-refractivity contribution in [3.05, 3.63) is 116 Å². The first-order valence-electron chi connectivity index (χ1n) is 8.96. The number of rotatable bonds is 7. The molecule has 0 aromatic heterocycles. The third kappa shape index (κ3) is 5.45. The van der Waals surface area contributed by atoms with Gasteiger partial charge in [-0.3, -0.25) is 29.8 Å². The molecule has 3 rings (SSSR count). The number of hydrogen-bond donors (Lipinski definition) is 1. The normalized spacial score (nSPS) is 10.6. The van der Waals surface area contributed by atoms with E-state index in [0.29, 0.717) is 16.8 Å². The molecule has 9 nitrogen and oxygen atoms in total. The van der Waals surface area contributed by atoms with Crippen molar-refractivity contribution in [2.75, 3.05) is 5.32 Å². The minimum atomic E-state index is -0.807. The molecule has 0 aliphatic heterocycles. The van der Waals surface area contributed by atoms with E-state index in [0.717, 1.165) is 18.2 Å². The average molecular weight is 417 g/mol. The lowest BCUT2D eigenvalue weighted by Crippen LogP contribution is -2.12. The van der Waals surface area contributed by atoms with Crippen molar-refractivity contribution in [3.63, 3.8) is 0 Å². The summed E-state index contributed by atoms with van der Waals surface area (Å²) in [4.78, 5) is 45.1. The molecule has 1 amide bonds. The Balaban J connectivity index is 1.79. The zero-order valence-corrected chi connectivity index (χ0v) is 15.9. The summed E-state index contributed by atoms with van der Waals surface area (Å²) in [5.41, 5.74) is 0.183. The number of nitrogens with zero attached hydrogens (tertiary/aromatic N) is 2. The number of carbonyl (C=O) groups excluding carboxylic acids is 2. The molecule has 154 valence electrons. The van der Waals surface area contributed by atoms with Gasteiger partial charge in [-0.15, -0.1) is 0 Å². The predicted molar refractivity (Wildman–Crippen MR) is 114 cm³/mol. The van der Waals surface area contributed by atoms with Gasteiger partial charge in [0.1, 0.15) is 0 Å². The second-order valence-electron chi connectivity index (χ2n) is 6.40. The molecule has 3 aromatic carbocycles. The average Bonchev–Trinajstić information content (AvgIpc) is 2.78. The fourth-order valence-corrected chi connectivity index (χ4v) is 2.73. The summed E-state index contributed by atoms with van der Waals surface area (Å²) in [5.74, 6) is -0.924. The fourth-order valence-electron chi connectivity index (χ4n) is 2.73. The SMILES string of the molecule is O=C(C=Cc1cccc(NC(=O)c2cc([N+](=O)[O-])cc([N+](=O)[O-])c2)c1)c1ccccc1. The van der Waals surface area contributed by atoms with Gasteiger partial charge in [0.15, 0.2) is 5.78 Å². The number of amides is 1. The highest BCUT2D eigenvalue weighted by atomic mass is 16.6. The minimum Gasteiger partial charge on any atom is -0.322 e. The van der Waals surface area contributed by atoms with Gasteiger partial charge >= 0.3 is 0 Å². The van der Waals surface area contributed by atoms with Crippen LogP contribution in [0.5, 0.6) is 0 Å². The molecular weight excluding hydrogens is 402 g/mol. The molecule has 0 heterocycles. The molecule has 0 radical (unpaired) electrons. The Kier molecular flexibility index (Phi) is 6.27. The number of non-ortho nitro benzene ring substituents is 2. The third-order valence-electron chi connectivity index (χ3n) is 4.22. The Bertz CT molecular complexity index is 1170. The van der Waals surface area contributed by atoms with Gasteiger partial charge in [0.2, 0.25) is 0 Å². The number of nitro groups is 2. The molecule has 0 saturated carbocycles. The van der Waals surface area contributed by atoms with E-state index in [-0.39, 0.29) is 11.3 Å². The Morgan fingerprint density at radius 2 is 1.42 bits per heavy atom. The van der Waals surface area contributed by atoms with E-state index in [1.807, 2.05) is 6.07 Å². The van der Waals surface area contributed by atoms with Crippen LogP contribution in [0.4, 0.5) is 17.1 Å². The number of hydrogen-bond acceptors (Lipinski definition) is 6. The Morgan fingerprint density at radius 1 is 0.774 bits per heavy atom. The highest BCUT2D eigenvalue weighted by Gasteiger charge is 2.20. The van der Waals surface area contributed by atoms with Crippen LogP contribution in [-0.2, 0) is 0 Å². The molecule has 0 saturated heterocycles. The number of nitrogens with one attached hydrogen (secondary N) is 1. The Morgan fingerprint density at radius 3 is 2.03 bits per heavy atom. The summed E-state index contributed by atoms with van der Waals surface area (Å²) in [6.45, 7) is 0. The number of benzene rings is 3. The van der Waals surface area contributed by atoms with E-state index in [9.17, 15) is 29.8 Å². The second-order valence-corrected chi connectivity index (χ2v) is 6.40. The Labute approximate surface area is 175 Å². The van der Waals surface area contributed by atoms with Crippen LogP contribution in [-0.4, -0.2) is 21.5 Å². The first-order chi connectivity index (χ1) is 14.8. The topological polar surface area (TPSA) is 132 Å². The molecule has 0 aliphatic carbocycles. The monoisotopic (exact) mass is 417 g/mol. The molecule has 0 unspecified atom stereocenters. The number of carbonyl (C=O) groups is 2. The molecule has 0 spiro atoms. The zero-order valence-electron chi connectivity index (χ0n) is 15.9. The van der Waals surface area contributed by atoms with Crippen LogP contribution in [0.25, 0.3) is 6.08 Å². The van der Waals surface area contributed by atoms with Gasteiger partial charge in [0, 0.05) is 23.4 Å². The highest BCUT2D eigenvalue weighted by molar-refractivity contribution is 6.07. The molecular formula is C22H15N3O6. The highest BCUT2D eigenvalue weighted by Crippen LogP contribution is 2.23. The molecule has 0 fully saturated rings. The van der Waals surface area contributed by atoms with E-state index in [4.69, 9.17) is 0 Å². The summed E-state index contributed by atoms with van der Waals surface area (Å²) in [6.07, 6.45) is 2.99. The van der Waals surface area contributed by atoms with Crippen LogP contribution >= 0.6 is 0 Å². The summed E-state index contributed by atoms with van der Waals surface area (Å²) < 4.78 is 0. The van der Waals surface area contributed by atoms with E-state index in [2.05, 4.69) is 5.32 Å². The standard InChI is InChI=1S/C22H15N3O6/c26-21(16-6-2-1-3-7-16)10-9-15-5-4-8-18(11-15)23-22(27)17-12-19(24(28)29)14-20(13-17)25(30)31/h1-14H,(H,23,27). The van der Waals surface area contributed by atoms with Gasteiger partial charge in [-0.2, -0.15) is 0 Å². The van der Waals surface area contributed by atoms with Gasteiger partial charge in [0.05, 0.1) is 21.5 Å². The maximum atomic E-state index is 12.5. The number of nitro benzene ring substituents is 2. The Hall–Kier alpha value is -4.66. The third-order valence-corrected chi connectivity index (χ3v) is 4.22. The lowest BCUT2D eigenvalue weighted by atomic mass is 10.1. The van der Waals surface area contributed by atoms with Crippen molar-refractivity contribution in [2.45, 2.75) is 0 Å². The largest absolute Gasteiger partial charge is 0.322 e. The molecule has 31 heavy (non-hydrogen) atoms. The van der Waals surface area contributed by atoms with Gasteiger partial charge in [-0.05, 0) is 23.8 Å². The maximum absolute atomic E-state index is 12.5. The van der Waals surface area contributed by atoms with Gasteiger partial charge in [-0.25, -0.2) is 0 Å². The zero-order chi connectivity index (χ0) is 22.4. The summed E-state index contributed by atoms with van der Waals surface area (Å²) in [5, 5.41) is 24.5. The van der Waals surface area contributed by atoms with Gasteiger partial charge < -0.3 is 5.32 Å². The second kappa shape index (κ2) is 9.23. The van der Waals surface area contributed by atoms with Crippen molar-refractivity contribution >= 4 is 34.8 Å². The molecule has 9 heteroatoms. The van der Waals surface area contributed by atoms with Gasteiger partial charge in [-0.1, -0.05) is 48.5 Å². The van der Waals surface area contributed by atoms with Crippen molar-refractivity contribution in [3.8, 4) is 0 Å². The quantitative estimate of drug-likeness (QED) is 0.257. The van der Waals surface area contributed by atoms with Crippen molar-refractivity contribution < 1.29 is 19.4 Å². The van der Waals surface area contributed by atoms with E-state index in [1.54, 1.807) is 54.6 Å².